The number of methoxy groups -OCH3 is 1. The highest BCUT2D eigenvalue weighted by Crippen LogP contribution is 2.21. The first-order chi connectivity index (χ1) is 11.8. The van der Waals surface area contributed by atoms with E-state index in [-0.39, 0.29) is 0 Å². The van der Waals surface area contributed by atoms with Crippen LogP contribution < -0.4 is 10.1 Å². The molecule has 0 bridgehead atoms. The van der Waals surface area contributed by atoms with E-state index in [1.54, 1.807) is 7.11 Å². The van der Waals surface area contributed by atoms with Gasteiger partial charge in [0.1, 0.15) is 5.75 Å². The molecule has 1 heterocycles. The summed E-state index contributed by atoms with van der Waals surface area (Å²) < 4.78 is 10.7. The van der Waals surface area contributed by atoms with Crippen molar-refractivity contribution in [3.63, 3.8) is 0 Å². The Bertz CT molecular complexity index is 757. The molecule has 0 aliphatic rings. The molecule has 2 aromatic carbocycles. The van der Waals surface area contributed by atoms with Gasteiger partial charge in [-0.3, -0.25) is 0 Å². The van der Waals surface area contributed by atoms with E-state index in [0.717, 1.165) is 16.9 Å². The normalized spacial score (nSPS) is 12.1. The number of ether oxygens (including phenoxy) is 1. The zero-order valence-corrected chi connectivity index (χ0v) is 13.3. The van der Waals surface area contributed by atoms with Crippen LogP contribution in [-0.2, 0) is 6.54 Å². The minimum Gasteiger partial charge on any atom is -0.497 e. The van der Waals surface area contributed by atoms with E-state index in [1.807, 2.05) is 54.6 Å². The summed E-state index contributed by atoms with van der Waals surface area (Å²) in [6.45, 7) is 0.803. The summed E-state index contributed by atoms with van der Waals surface area (Å²) in [5, 5.41) is 21.3. The molecule has 0 spiro atoms. The van der Waals surface area contributed by atoms with Gasteiger partial charge in [-0.25, -0.2) is 0 Å². The molecule has 0 radical (unpaired) electrons. The predicted octanol–water partition coefficient (Wildman–Crippen LogP) is 2.57. The lowest BCUT2D eigenvalue weighted by Crippen LogP contribution is -2.21. The maximum Gasteiger partial charge on any atom is 0.247 e. The molecule has 0 saturated heterocycles. The van der Waals surface area contributed by atoms with Crippen LogP contribution in [0.2, 0.25) is 0 Å². The third-order valence-corrected chi connectivity index (χ3v) is 3.60. The summed E-state index contributed by atoms with van der Waals surface area (Å²) in [5.41, 5.74) is 1.70. The number of hydrogen-bond donors (Lipinski definition) is 2. The maximum absolute atomic E-state index is 10.1. The minimum atomic E-state index is -0.574. The van der Waals surface area contributed by atoms with Crippen molar-refractivity contribution in [1.29, 1.82) is 0 Å². The third kappa shape index (κ3) is 3.98. The van der Waals surface area contributed by atoms with Gasteiger partial charge < -0.3 is 19.6 Å². The molecule has 2 N–H and O–H groups in total. The molecule has 0 fully saturated rings. The summed E-state index contributed by atoms with van der Waals surface area (Å²) in [6.07, 6.45) is -0.574. The summed E-state index contributed by atoms with van der Waals surface area (Å²) in [5.74, 6) is 1.70. The van der Waals surface area contributed by atoms with Gasteiger partial charge in [0.15, 0.2) is 0 Å². The fraction of sp³-hybridized carbons (Fsp3) is 0.222. The Kier molecular flexibility index (Phi) is 5.20. The molecule has 0 aliphatic heterocycles. The Morgan fingerprint density at radius 1 is 1.08 bits per heavy atom. The van der Waals surface area contributed by atoms with Crippen molar-refractivity contribution < 1.29 is 14.3 Å². The molecular formula is C18H19N3O3. The van der Waals surface area contributed by atoms with Gasteiger partial charge in [-0.05, 0) is 29.8 Å². The van der Waals surface area contributed by atoms with Crippen molar-refractivity contribution in [2.75, 3.05) is 13.7 Å². The third-order valence-electron chi connectivity index (χ3n) is 3.60. The fourth-order valence-electron chi connectivity index (χ4n) is 2.28. The van der Waals surface area contributed by atoms with Gasteiger partial charge in [0.25, 0.3) is 0 Å². The van der Waals surface area contributed by atoms with E-state index < -0.39 is 6.10 Å². The number of aromatic nitrogens is 2. The monoisotopic (exact) mass is 325 g/mol. The summed E-state index contributed by atoms with van der Waals surface area (Å²) in [4.78, 5) is 0. The number of aliphatic hydroxyl groups is 1. The van der Waals surface area contributed by atoms with Gasteiger partial charge in [0.05, 0.1) is 19.8 Å². The summed E-state index contributed by atoms with van der Waals surface area (Å²) in [6, 6.07) is 16.9. The highest BCUT2D eigenvalue weighted by Gasteiger charge is 2.10. The van der Waals surface area contributed by atoms with Crippen molar-refractivity contribution in [2.45, 2.75) is 12.6 Å². The minimum absolute atomic E-state index is 0.396. The number of nitrogens with one attached hydrogen (secondary N) is 1. The molecule has 3 rings (SSSR count). The molecule has 24 heavy (non-hydrogen) atoms. The Morgan fingerprint density at radius 2 is 1.83 bits per heavy atom. The number of aliphatic hydroxyl groups excluding tert-OH is 1. The van der Waals surface area contributed by atoms with Crippen LogP contribution in [-0.4, -0.2) is 29.0 Å². The Hall–Kier alpha value is -2.70. The predicted molar refractivity (Wildman–Crippen MR) is 89.4 cm³/mol. The zero-order valence-electron chi connectivity index (χ0n) is 13.3. The van der Waals surface area contributed by atoms with Crippen molar-refractivity contribution in [2.24, 2.45) is 0 Å². The molecule has 3 aromatic rings. The molecule has 124 valence electrons. The van der Waals surface area contributed by atoms with Gasteiger partial charge in [0, 0.05) is 12.1 Å². The molecule has 1 atom stereocenters. The van der Waals surface area contributed by atoms with Crippen molar-refractivity contribution in [3.8, 4) is 17.2 Å². The fourth-order valence-corrected chi connectivity index (χ4v) is 2.28. The first kappa shape index (κ1) is 16.2. The lowest BCUT2D eigenvalue weighted by molar-refractivity contribution is 0.173. The van der Waals surface area contributed by atoms with Crippen LogP contribution in [0, 0.1) is 0 Å². The number of rotatable bonds is 7. The largest absolute Gasteiger partial charge is 0.497 e. The maximum atomic E-state index is 10.1. The van der Waals surface area contributed by atoms with Crippen LogP contribution in [0.15, 0.2) is 59.0 Å². The molecule has 1 unspecified atom stereocenters. The average Bonchev–Trinajstić information content (AvgIpc) is 3.11. The van der Waals surface area contributed by atoms with Crippen molar-refractivity contribution in [1.82, 2.24) is 15.5 Å². The highest BCUT2D eigenvalue weighted by molar-refractivity contribution is 5.53. The van der Waals surface area contributed by atoms with E-state index in [0.29, 0.717) is 24.9 Å². The van der Waals surface area contributed by atoms with Crippen LogP contribution in [0.3, 0.4) is 0 Å². The average molecular weight is 325 g/mol. The highest BCUT2D eigenvalue weighted by atomic mass is 16.5. The number of nitrogens with zero attached hydrogens (tertiary/aromatic N) is 2. The van der Waals surface area contributed by atoms with Gasteiger partial charge >= 0.3 is 0 Å². The first-order valence-electron chi connectivity index (χ1n) is 7.67. The quantitative estimate of drug-likeness (QED) is 0.695. The van der Waals surface area contributed by atoms with Crippen LogP contribution >= 0.6 is 0 Å². The Labute approximate surface area is 140 Å². The van der Waals surface area contributed by atoms with Crippen LogP contribution in [0.4, 0.5) is 0 Å². The smallest absolute Gasteiger partial charge is 0.247 e. The first-order valence-corrected chi connectivity index (χ1v) is 7.67. The van der Waals surface area contributed by atoms with E-state index in [1.165, 1.54) is 0 Å². The molecular weight excluding hydrogens is 306 g/mol. The number of benzene rings is 2. The SMILES string of the molecule is COc1ccc(-c2nnc(CNCC(O)c3ccccc3)o2)cc1. The second-order valence-electron chi connectivity index (χ2n) is 5.29. The van der Waals surface area contributed by atoms with E-state index in [9.17, 15) is 5.11 Å². The van der Waals surface area contributed by atoms with Crippen molar-refractivity contribution >= 4 is 0 Å². The Balaban J connectivity index is 1.54. The molecule has 0 aliphatic carbocycles. The standard InChI is InChI=1S/C18H19N3O3/c1-23-15-9-7-14(8-10-15)18-21-20-17(24-18)12-19-11-16(22)13-5-3-2-4-6-13/h2-10,16,19,22H,11-12H2,1H3. The lowest BCUT2D eigenvalue weighted by Gasteiger charge is -2.10. The van der Waals surface area contributed by atoms with E-state index >= 15 is 0 Å². The van der Waals surface area contributed by atoms with E-state index in [2.05, 4.69) is 15.5 Å². The van der Waals surface area contributed by atoms with Gasteiger partial charge in [-0.15, -0.1) is 10.2 Å². The number of hydrogen-bond acceptors (Lipinski definition) is 6. The molecule has 0 amide bonds. The van der Waals surface area contributed by atoms with Gasteiger partial charge in [0.2, 0.25) is 11.8 Å². The Morgan fingerprint density at radius 3 is 2.54 bits per heavy atom. The van der Waals surface area contributed by atoms with Gasteiger partial charge in [-0.1, -0.05) is 30.3 Å². The molecule has 6 heteroatoms. The van der Waals surface area contributed by atoms with E-state index in [4.69, 9.17) is 9.15 Å². The van der Waals surface area contributed by atoms with Crippen LogP contribution in [0.5, 0.6) is 5.75 Å². The van der Waals surface area contributed by atoms with Gasteiger partial charge in [-0.2, -0.15) is 0 Å². The summed E-state index contributed by atoms with van der Waals surface area (Å²) in [7, 11) is 1.62. The van der Waals surface area contributed by atoms with Crippen LogP contribution in [0.1, 0.15) is 17.6 Å². The zero-order chi connectivity index (χ0) is 16.8. The lowest BCUT2D eigenvalue weighted by atomic mass is 10.1. The van der Waals surface area contributed by atoms with Crippen LogP contribution in [0.25, 0.3) is 11.5 Å². The molecule has 1 aromatic heterocycles. The molecule has 0 saturated carbocycles. The summed E-state index contributed by atoms with van der Waals surface area (Å²) >= 11 is 0. The second-order valence-corrected chi connectivity index (χ2v) is 5.29. The topological polar surface area (TPSA) is 80.4 Å². The molecule has 6 nitrogen and oxygen atoms in total. The van der Waals surface area contributed by atoms with Crippen molar-refractivity contribution in [3.05, 3.63) is 66.1 Å². The second kappa shape index (κ2) is 7.72.